The number of methoxy groups -OCH3 is 1. The van der Waals surface area contributed by atoms with Crippen molar-refractivity contribution >= 4 is 5.97 Å². The summed E-state index contributed by atoms with van der Waals surface area (Å²) in [4.78, 5) is 11.4. The Hall–Kier alpha value is -1.31. The molecule has 1 atom stereocenters. The Kier molecular flexibility index (Phi) is 3.28. The van der Waals surface area contributed by atoms with Gasteiger partial charge >= 0.3 is 5.97 Å². The molecule has 0 aliphatic carbocycles. The molecule has 0 aliphatic heterocycles. The second-order valence-electron chi connectivity index (χ2n) is 3.53. The average molecular weight is 192 g/mol. The number of carbonyl (C=O) groups is 1. The Labute approximate surface area is 84.9 Å². The second-order valence-corrected chi connectivity index (χ2v) is 3.53. The first-order valence-corrected chi connectivity index (χ1v) is 4.72. The fraction of sp³-hybridized carbons (Fsp3) is 0.417. The van der Waals surface area contributed by atoms with E-state index in [0.717, 1.165) is 5.56 Å². The van der Waals surface area contributed by atoms with E-state index < -0.39 is 0 Å². The van der Waals surface area contributed by atoms with Crippen molar-refractivity contribution in [1.29, 1.82) is 0 Å². The molecule has 1 aromatic carbocycles. The Morgan fingerprint density at radius 2 is 2.00 bits per heavy atom. The van der Waals surface area contributed by atoms with Gasteiger partial charge in [-0.05, 0) is 37.5 Å². The van der Waals surface area contributed by atoms with Gasteiger partial charge in [-0.2, -0.15) is 0 Å². The second kappa shape index (κ2) is 4.27. The fourth-order valence-electron chi connectivity index (χ4n) is 1.55. The van der Waals surface area contributed by atoms with Crippen LogP contribution in [0.1, 0.15) is 29.5 Å². The highest BCUT2D eigenvalue weighted by Crippen LogP contribution is 2.22. The van der Waals surface area contributed by atoms with Crippen LogP contribution in [0.25, 0.3) is 0 Å². The molecule has 0 aliphatic rings. The van der Waals surface area contributed by atoms with Crippen LogP contribution < -0.4 is 0 Å². The maximum atomic E-state index is 11.4. The lowest BCUT2D eigenvalue weighted by Crippen LogP contribution is -2.12. The van der Waals surface area contributed by atoms with E-state index in [1.807, 2.05) is 39.0 Å². The van der Waals surface area contributed by atoms with E-state index in [4.69, 9.17) is 4.74 Å². The highest BCUT2D eigenvalue weighted by molar-refractivity contribution is 5.78. The third-order valence-corrected chi connectivity index (χ3v) is 2.67. The van der Waals surface area contributed by atoms with Crippen molar-refractivity contribution < 1.29 is 9.53 Å². The number of ether oxygens (including phenoxy) is 1. The zero-order valence-electron chi connectivity index (χ0n) is 9.13. The molecule has 0 bridgehead atoms. The predicted molar refractivity (Wildman–Crippen MR) is 56.3 cm³/mol. The highest BCUT2D eigenvalue weighted by Gasteiger charge is 2.17. The van der Waals surface area contributed by atoms with E-state index in [1.165, 1.54) is 18.2 Å². The maximum absolute atomic E-state index is 11.4. The van der Waals surface area contributed by atoms with Gasteiger partial charge in [-0.25, -0.2) is 0 Å². The number of hydrogen-bond donors (Lipinski definition) is 0. The summed E-state index contributed by atoms with van der Waals surface area (Å²) >= 11 is 0. The van der Waals surface area contributed by atoms with Crippen LogP contribution in [0.5, 0.6) is 0 Å². The van der Waals surface area contributed by atoms with Crippen molar-refractivity contribution in [3.8, 4) is 0 Å². The van der Waals surface area contributed by atoms with Crippen molar-refractivity contribution in [2.45, 2.75) is 26.7 Å². The van der Waals surface area contributed by atoms with E-state index in [2.05, 4.69) is 0 Å². The van der Waals surface area contributed by atoms with Gasteiger partial charge in [-0.15, -0.1) is 0 Å². The van der Waals surface area contributed by atoms with Crippen LogP contribution in [0.2, 0.25) is 0 Å². The molecule has 0 amide bonds. The van der Waals surface area contributed by atoms with Gasteiger partial charge in [0.25, 0.3) is 0 Å². The molecule has 76 valence electrons. The Bertz CT molecular complexity index is 342. The minimum atomic E-state index is -0.182. The number of rotatable bonds is 2. The Morgan fingerprint density at radius 3 is 2.57 bits per heavy atom. The molecule has 0 radical (unpaired) electrons. The first-order chi connectivity index (χ1) is 6.57. The highest BCUT2D eigenvalue weighted by atomic mass is 16.5. The van der Waals surface area contributed by atoms with Crippen molar-refractivity contribution in [3.63, 3.8) is 0 Å². The minimum absolute atomic E-state index is 0.181. The summed E-state index contributed by atoms with van der Waals surface area (Å²) in [6.07, 6.45) is 0. The molecular formula is C12H16O2. The van der Waals surface area contributed by atoms with Crippen molar-refractivity contribution in [2.24, 2.45) is 0 Å². The monoisotopic (exact) mass is 192 g/mol. The van der Waals surface area contributed by atoms with Gasteiger partial charge in [0.1, 0.15) is 0 Å². The van der Waals surface area contributed by atoms with Gasteiger partial charge in [0.2, 0.25) is 0 Å². The number of aryl methyl sites for hydroxylation is 1. The SMILES string of the molecule is COC(=O)C(C)c1cccc(C)c1C. The van der Waals surface area contributed by atoms with Crippen molar-refractivity contribution in [2.75, 3.05) is 7.11 Å². The van der Waals surface area contributed by atoms with Gasteiger partial charge in [0, 0.05) is 0 Å². The Morgan fingerprint density at radius 1 is 1.36 bits per heavy atom. The number of esters is 1. The lowest BCUT2D eigenvalue weighted by atomic mass is 9.94. The molecule has 0 fully saturated rings. The fourth-order valence-corrected chi connectivity index (χ4v) is 1.55. The molecule has 0 spiro atoms. The summed E-state index contributed by atoms with van der Waals surface area (Å²) in [5.41, 5.74) is 3.43. The predicted octanol–water partition coefficient (Wildman–Crippen LogP) is 2.58. The number of hydrogen-bond acceptors (Lipinski definition) is 2. The zero-order valence-corrected chi connectivity index (χ0v) is 9.13. The van der Waals surface area contributed by atoms with Gasteiger partial charge < -0.3 is 4.74 Å². The van der Waals surface area contributed by atoms with Crippen LogP contribution in [0.3, 0.4) is 0 Å². The smallest absolute Gasteiger partial charge is 0.312 e. The molecule has 1 rings (SSSR count). The zero-order chi connectivity index (χ0) is 10.7. The van der Waals surface area contributed by atoms with E-state index in [0.29, 0.717) is 0 Å². The summed E-state index contributed by atoms with van der Waals surface area (Å²) in [6.45, 7) is 5.94. The molecule has 0 N–H and O–H groups in total. The normalized spacial score (nSPS) is 12.3. The number of carbonyl (C=O) groups excluding carboxylic acids is 1. The van der Waals surface area contributed by atoms with Crippen LogP contribution in [0, 0.1) is 13.8 Å². The van der Waals surface area contributed by atoms with E-state index in [-0.39, 0.29) is 11.9 Å². The molecule has 14 heavy (non-hydrogen) atoms. The molecule has 2 heteroatoms. The number of benzene rings is 1. The van der Waals surface area contributed by atoms with E-state index >= 15 is 0 Å². The third-order valence-electron chi connectivity index (χ3n) is 2.67. The van der Waals surface area contributed by atoms with Crippen LogP contribution in [-0.4, -0.2) is 13.1 Å². The van der Waals surface area contributed by atoms with Gasteiger partial charge in [-0.3, -0.25) is 4.79 Å². The summed E-state index contributed by atoms with van der Waals surface area (Å²) in [5, 5.41) is 0. The molecule has 1 aromatic rings. The molecule has 0 saturated heterocycles. The van der Waals surface area contributed by atoms with Crippen LogP contribution >= 0.6 is 0 Å². The molecule has 0 saturated carbocycles. The van der Waals surface area contributed by atoms with Crippen molar-refractivity contribution in [1.82, 2.24) is 0 Å². The van der Waals surface area contributed by atoms with E-state index in [1.54, 1.807) is 0 Å². The molecule has 0 heterocycles. The molecule has 0 aromatic heterocycles. The van der Waals surface area contributed by atoms with Crippen LogP contribution in [0.15, 0.2) is 18.2 Å². The average Bonchev–Trinajstić information content (AvgIpc) is 2.20. The van der Waals surface area contributed by atoms with Crippen LogP contribution in [0.4, 0.5) is 0 Å². The topological polar surface area (TPSA) is 26.3 Å². The maximum Gasteiger partial charge on any atom is 0.312 e. The van der Waals surface area contributed by atoms with Gasteiger partial charge in [0.15, 0.2) is 0 Å². The van der Waals surface area contributed by atoms with Crippen LogP contribution in [-0.2, 0) is 9.53 Å². The lowest BCUT2D eigenvalue weighted by Gasteiger charge is -2.13. The first-order valence-electron chi connectivity index (χ1n) is 4.72. The summed E-state index contributed by atoms with van der Waals surface area (Å²) in [6, 6.07) is 5.99. The quantitative estimate of drug-likeness (QED) is 0.673. The molecule has 1 unspecified atom stereocenters. The molecular weight excluding hydrogens is 176 g/mol. The van der Waals surface area contributed by atoms with Gasteiger partial charge in [-0.1, -0.05) is 18.2 Å². The standard InChI is InChI=1S/C12H16O2/c1-8-6-5-7-11(9(8)2)10(3)12(13)14-4/h5-7,10H,1-4H3. The molecule has 2 nitrogen and oxygen atoms in total. The summed E-state index contributed by atoms with van der Waals surface area (Å²) in [7, 11) is 1.42. The lowest BCUT2D eigenvalue weighted by molar-refractivity contribution is -0.142. The summed E-state index contributed by atoms with van der Waals surface area (Å²) in [5.74, 6) is -0.362. The van der Waals surface area contributed by atoms with E-state index in [9.17, 15) is 4.79 Å². The summed E-state index contributed by atoms with van der Waals surface area (Å²) < 4.78 is 4.72. The first kappa shape index (κ1) is 10.8. The largest absolute Gasteiger partial charge is 0.469 e. The minimum Gasteiger partial charge on any atom is -0.469 e. The third kappa shape index (κ3) is 1.95. The van der Waals surface area contributed by atoms with Crippen molar-refractivity contribution in [3.05, 3.63) is 34.9 Å². The van der Waals surface area contributed by atoms with Gasteiger partial charge in [0.05, 0.1) is 13.0 Å². The Balaban J connectivity index is 3.07.